The van der Waals surface area contributed by atoms with Crippen LogP contribution in [0.25, 0.3) is 11.1 Å². The van der Waals surface area contributed by atoms with Crippen molar-refractivity contribution in [3.05, 3.63) is 83.9 Å². The second-order valence-corrected chi connectivity index (χ2v) is 10.3. The van der Waals surface area contributed by atoms with E-state index in [1.165, 1.54) is 11.1 Å². The summed E-state index contributed by atoms with van der Waals surface area (Å²) < 4.78 is 32.2. The minimum absolute atomic E-state index is 0.0286. The predicted octanol–water partition coefficient (Wildman–Crippen LogP) is 5.12. The average molecular weight is 572 g/mol. The molecule has 0 fully saturated rings. The molecule has 0 aromatic heterocycles. The molecule has 214 valence electrons. The Morgan fingerprint density at radius 1 is 0.925 bits per heavy atom. The summed E-state index contributed by atoms with van der Waals surface area (Å²) in [5.41, 5.74) is 9.65. The molecule has 0 radical (unpaired) electrons. The summed E-state index contributed by atoms with van der Waals surface area (Å²) in [4.78, 5) is 32.4. The number of carbonyl (C=O) groups excluding carboxylic acids is 1. The van der Waals surface area contributed by atoms with Gasteiger partial charge in [-0.15, -0.1) is 0 Å². The lowest BCUT2D eigenvalue weighted by Gasteiger charge is -2.14. The second kappa shape index (κ2) is 15.3. The fourth-order valence-corrected chi connectivity index (χ4v) is 4.55. The van der Waals surface area contributed by atoms with Crippen molar-refractivity contribution in [2.24, 2.45) is 5.73 Å². The molecule has 0 heterocycles. The van der Waals surface area contributed by atoms with Gasteiger partial charge in [-0.3, -0.25) is 18.6 Å². The lowest BCUT2D eigenvalue weighted by atomic mass is 9.98. The van der Waals surface area contributed by atoms with E-state index in [2.05, 4.69) is 23.6 Å². The zero-order chi connectivity index (χ0) is 29.0. The molecule has 0 saturated carbocycles. The van der Waals surface area contributed by atoms with Crippen molar-refractivity contribution in [1.82, 2.24) is 0 Å². The lowest BCUT2D eigenvalue weighted by molar-refractivity contribution is -0.143. The molecule has 11 heteroatoms. The Balaban J connectivity index is 1.43. The Labute approximate surface area is 233 Å². The largest absolute Gasteiger partial charge is 0.480 e. The molecular weight excluding hydrogens is 537 g/mol. The first-order valence-corrected chi connectivity index (χ1v) is 14.4. The van der Waals surface area contributed by atoms with Gasteiger partial charge in [-0.05, 0) is 53.3 Å². The number of esters is 1. The fraction of sp³-hybridized carbons (Fsp3) is 0.310. The monoisotopic (exact) mass is 571 g/mol. The van der Waals surface area contributed by atoms with E-state index in [0.717, 1.165) is 17.5 Å². The van der Waals surface area contributed by atoms with Gasteiger partial charge >= 0.3 is 19.8 Å². The Kier molecular flexibility index (Phi) is 11.9. The highest BCUT2D eigenvalue weighted by molar-refractivity contribution is 7.47. The Morgan fingerprint density at radius 3 is 2.30 bits per heavy atom. The molecule has 0 bridgehead atoms. The molecule has 0 aliphatic heterocycles. The van der Waals surface area contributed by atoms with Gasteiger partial charge in [0.1, 0.15) is 17.5 Å². The van der Waals surface area contributed by atoms with Crippen LogP contribution in [0.15, 0.2) is 72.8 Å². The summed E-state index contributed by atoms with van der Waals surface area (Å²) >= 11 is 0. The van der Waals surface area contributed by atoms with E-state index in [9.17, 15) is 19.0 Å². The number of phosphoric acid groups is 1. The summed E-state index contributed by atoms with van der Waals surface area (Å²) in [6.07, 6.45) is 1.60. The van der Waals surface area contributed by atoms with E-state index in [0.29, 0.717) is 17.9 Å². The van der Waals surface area contributed by atoms with Crippen molar-refractivity contribution in [3.8, 4) is 22.6 Å². The van der Waals surface area contributed by atoms with E-state index >= 15 is 0 Å². The average Bonchev–Trinajstić information content (AvgIpc) is 2.95. The van der Waals surface area contributed by atoms with E-state index in [1.54, 1.807) is 0 Å². The van der Waals surface area contributed by atoms with Crippen LogP contribution in [-0.2, 0) is 40.8 Å². The van der Waals surface area contributed by atoms with Gasteiger partial charge in [0.2, 0.25) is 0 Å². The van der Waals surface area contributed by atoms with Crippen molar-refractivity contribution < 1.29 is 42.7 Å². The predicted molar refractivity (Wildman–Crippen MR) is 149 cm³/mol. The van der Waals surface area contributed by atoms with E-state index in [-0.39, 0.29) is 26.1 Å². The number of rotatable bonds is 16. The fourth-order valence-electron chi connectivity index (χ4n) is 3.77. The number of para-hydroxylation sites is 1. The molecule has 1 unspecified atom stereocenters. The van der Waals surface area contributed by atoms with Crippen molar-refractivity contribution in [2.75, 3.05) is 19.8 Å². The summed E-state index contributed by atoms with van der Waals surface area (Å²) in [6.45, 7) is 1.19. The number of phosphoric ester groups is 1. The Hall–Kier alpha value is -3.53. The number of benzene rings is 3. The molecule has 10 nitrogen and oxygen atoms in total. The van der Waals surface area contributed by atoms with Gasteiger partial charge in [-0.1, -0.05) is 61.5 Å². The smallest absolute Gasteiger partial charge is 0.472 e. The quantitative estimate of drug-likeness (QED) is 0.120. The van der Waals surface area contributed by atoms with Gasteiger partial charge in [0.05, 0.1) is 19.8 Å². The summed E-state index contributed by atoms with van der Waals surface area (Å²) in [5.74, 6) is -0.483. The molecule has 3 aromatic rings. The third-order valence-electron chi connectivity index (χ3n) is 5.90. The number of nitrogens with two attached hydrogens (primary N) is 1. The van der Waals surface area contributed by atoms with Crippen LogP contribution in [0, 0.1) is 0 Å². The van der Waals surface area contributed by atoms with Crippen LogP contribution >= 0.6 is 7.82 Å². The van der Waals surface area contributed by atoms with Crippen molar-refractivity contribution in [2.45, 2.75) is 38.6 Å². The third-order valence-corrected chi connectivity index (χ3v) is 6.89. The molecule has 0 aliphatic rings. The van der Waals surface area contributed by atoms with E-state index in [4.69, 9.17) is 24.8 Å². The summed E-state index contributed by atoms with van der Waals surface area (Å²) in [5, 5.41) is 8.66. The number of aliphatic carboxylic acids is 1. The lowest BCUT2D eigenvalue weighted by Crippen LogP contribution is -2.34. The number of aryl methyl sites for hydroxylation is 2. The zero-order valence-corrected chi connectivity index (χ0v) is 23.1. The van der Waals surface area contributed by atoms with Gasteiger partial charge in [0, 0.05) is 12.8 Å². The maximum atomic E-state index is 12.2. The van der Waals surface area contributed by atoms with Crippen LogP contribution in [0.4, 0.5) is 0 Å². The molecule has 3 aromatic carbocycles. The number of carbonyl (C=O) groups is 2. The second-order valence-electron chi connectivity index (χ2n) is 8.86. The SMILES string of the molecule is CCc1ccccc1-c1ccc(Oc2ccccc2CCC(=O)OCCCOP(=O)(O)OC[C@H](N)C(=O)O)cc1. The zero-order valence-electron chi connectivity index (χ0n) is 22.2. The van der Waals surface area contributed by atoms with Crippen LogP contribution in [0.2, 0.25) is 0 Å². The molecule has 3 rings (SSSR count). The first-order chi connectivity index (χ1) is 19.2. The van der Waals surface area contributed by atoms with Gasteiger partial charge in [0.25, 0.3) is 0 Å². The highest BCUT2D eigenvalue weighted by atomic mass is 31.2. The molecule has 0 spiro atoms. The van der Waals surface area contributed by atoms with Gasteiger partial charge in [0.15, 0.2) is 0 Å². The number of hydrogen-bond acceptors (Lipinski definition) is 8. The molecule has 0 amide bonds. The van der Waals surface area contributed by atoms with Gasteiger partial charge < -0.3 is 25.2 Å². The first-order valence-electron chi connectivity index (χ1n) is 12.9. The first kappa shape index (κ1) is 31.0. The standard InChI is InChI=1S/C29H34NO9P/c1-2-21-8-3-5-10-25(21)22-12-15-24(16-13-22)39-27-11-6-4-9-23(27)14-17-28(31)36-18-7-19-37-40(34,35)38-20-26(30)29(32)33/h3-6,8-13,15-16,26H,2,7,14,17-20,30H2,1H3,(H,32,33)(H,34,35)/t26-/m0/s1. The van der Waals surface area contributed by atoms with Crippen LogP contribution in [0.3, 0.4) is 0 Å². The maximum Gasteiger partial charge on any atom is 0.472 e. The van der Waals surface area contributed by atoms with Crippen molar-refractivity contribution in [1.29, 1.82) is 0 Å². The molecule has 40 heavy (non-hydrogen) atoms. The van der Waals surface area contributed by atoms with Gasteiger partial charge in [-0.25, -0.2) is 4.57 Å². The molecule has 4 N–H and O–H groups in total. The molecule has 2 atom stereocenters. The third kappa shape index (κ3) is 9.89. The molecular formula is C29H34NO9P. The highest BCUT2D eigenvalue weighted by Gasteiger charge is 2.24. The van der Waals surface area contributed by atoms with Crippen LogP contribution in [0.1, 0.15) is 30.9 Å². The van der Waals surface area contributed by atoms with Crippen LogP contribution in [-0.4, -0.2) is 47.8 Å². The number of ether oxygens (including phenoxy) is 2. The summed E-state index contributed by atoms with van der Waals surface area (Å²) in [7, 11) is -4.46. The Bertz CT molecular complexity index is 1310. The normalized spacial score (nSPS) is 13.3. The van der Waals surface area contributed by atoms with Crippen molar-refractivity contribution in [3.63, 3.8) is 0 Å². The molecule has 0 saturated heterocycles. The van der Waals surface area contributed by atoms with E-state index < -0.39 is 32.4 Å². The number of carboxylic acids is 1. The highest BCUT2D eigenvalue weighted by Crippen LogP contribution is 2.43. The molecule has 0 aliphatic carbocycles. The Morgan fingerprint density at radius 2 is 1.60 bits per heavy atom. The van der Waals surface area contributed by atoms with Crippen LogP contribution in [0.5, 0.6) is 11.5 Å². The maximum absolute atomic E-state index is 12.2. The van der Waals surface area contributed by atoms with Crippen LogP contribution < -0.4 is 10.5 Å². The number of carboxylic acid groups (broad SMARTS) is 1. The topological polar surface area (TPSA) is 155 Å². The van der Waals surface area contributed by atoms with Gasteiger partial charge in [-0.2, -0.15) is 0 Å². The van der Waals surface area contributed by atoms with Crippen molar-refractivity contribution >= 4 is 19.8 Å². The number of hydrogen-bond donors (Lipinski definition) is 3. The minimum Gasteiger partial charge on any atom is -0.480 e. The minimum atomic E-state index is -4.46. The summed E-state index contributed by atoms with van der Waals surface area (Å²) in [6, 6.07) is 22.2. The van der Waals surface area contributed by atoms with E-state index in [1.807, 2.05) is 60.7 Å².